The monoisotopic (exact) mass is 836 g/mol. The van der Waals surface area contributed by atoms with Crippen LogP contribution in [0.25, 0.3) is 32.1 Å². The highest BCUT2D eigenvalue weighted by atomic mass is 35.5. The molecule has 2 N–H and O–H groups in total. The number of hydrogen-bond donors (Lipinski definition) is 1. The van der Waals surface area contributed by atoms with Crippen LogP contribution in [0.15, 0.2) is 24.5 Å². The van der Waals surface area contributed by atoms with Gasteiger partial charge in [0, 0.05) is 60.4 Å². The molecule has 18 heteroatoms. The van der Waals surface area contributed by atoms with Crippen molar-refractivity contribution in [2.75, 3.05) is 50.0 Å². The Morgan fingerprint density at radius 2 is 1.95 bits per heavy atom. The number of amides is 1. The number of nitrogens with two attached hydrogens (primary N) is 1. The lowest BCUT2D eigenvalue weighted by Gasteiger charge is -2.62. The van der Waals surface area contributed by atoms with Crippen LogP contribution in [0.5, 0.6) is 6.01 Å². The second-order valence-electron chi connectivity index (χ2n) is 16.7. The molecule has 2 aromatic carbocycles. The molecule has 5 aliphatic rings. The van der Waals surface area contributed by atoms with Crippen LogP contribution in [0.4, 0.5) is 28.8 Å². The number of piperidine rings is 1. The Hall–Kier alpha value is -4.43. The van der Waals surface area contributed by atoms with E-state index in [1.54, 1.807) is 6.07 Å². The van der Waals surface area contributed by atoms with Crippen molar-refractivity contribution in [3.8, 4) is 23.2 Å². The van der Waals surface area contributed by atoms with Crippen LogP contribution in [0, 0.1) is 33.8 Å². The van der Waals surface area contributed by atoms with Gasteiger partial charge in [-0.15, -0.1) is 16.4 Å². The smallest absolute Gasteiger partial charge is 0.346 e. The van der Waals surface area contributed by atoms with Crippen LogP contribution in [0.1, 0.15) is 57.4 Å². The van der Waals surface area contributed by atoms with Gasteiger partial charge in [0.1, 0.15) is 47.3 Å². The highest BCUT2D eigenvalue weighted by Crippen LogP contribution is 2.62. The van der Waals surface area contributed by atoms with Gasteiger partial charge in [-0.25, -0.2) is 22.9 Å². The minimum Gasteiger partial charge on any atom is -0.461 e. The Balaban J connectivity index is 1.08. The molecule has 0 bridgehead atoms. The largest absolute Gasteiger partial charge is 0.461 e. The summed E-state index contributed by atoms with van der Waals surface area (Å²) in [7, 11) is 0. The molecule has 296 valence electrons. The van der Waals surface area contributed by atoms with Gasteiger partial charge in [-0.05, 0) is 79.8 Å². The molecule has 1 spiro atoms. The number of benzene rings is 2. The van der Waals surface area contributed by atoms with Gasteiger partial charge in [0.15, 0.2) is 5.82 Å². The van der Waals surface area contributed by atoms with Gasteiger partial charge in [-0.3, -0.25) is 4.90 Å². The van der Waals surface area contributed by atoms with E-state index >= 15 is 8.78 Å². The minimum absolute atomic E-state index is 0.00851. The minimum atomic E-state index is -0.970. The summed E-state index contributed by atoms with van der Waals surface area (Å²) in [6, 6.07) is 5.81. The first-order valence-electron chi connectivity index (χ1n) is 19.1. The number of rotatable bonds is 6. The second kappa shape index (κ2) is 13.0. The third kappa shape index (κ3) is 5.66. The SMILES string of the molecule is CC1([C@H]2N(C(=O)n3cnc(Cl)n3)C[C@]23CCCN(c2nc(OC[C@@]45CCCN4C[C@H](F)C5)nc4c(F)c(-c5ccc(F)c6sc(N)c(C#N)c56)c(Cl)cc24)C3)CC1. The molecule has 0 radical (unpaired) electrons. The maximum Gasteiger partial charge on any atom is 0.346 e. The van der Waals surface area contributed by atoms with Crippen molar-refractivity contribution in [3.05, 3.63) is 52.0 Å². The van der Waals surface area contributed by atoms with Gasteiger partial charge < -0.3 is 20.3 Å². The van der Waals surface area contributed by atoms with E-state index in [0.29, 0.717) is 43.8 Å². The molecule has 3 aromatic heterocycles. The summed E-state index contributed by atoms with van der Waals surface area (Å²) in [6.07, 6.45) is 5.95. The number of carbonyl (C=O) groups excluding carboxylic acids is 1. The summed E-state index contributed by atoms with van der Waals surface area (Å²) in [5, 5.41) is 14.7. The molecule has 7 heterocycles. The standard InChI is InChI=1S/C39H37Cl2F3N10O2S/c1-37(8-9-37)33-38(17-53(33)36(55)54-19-47-34(41)50-54)6-2-10-51(16-38)32-22-12-24(40)27(21-4-5-25(43)30-26(21)23(14-45)31(46)57-30)28(44)29(22)48-35(49-32)56-18-39-7-3-11-52(39)15-20(42)13-39/h4-5,12,19-20,33H,2-3,6-11,13,15-18,46H2,1H3/t20-,33-,38-,39+/m1/s1. The predicted molar refractivity (Wildman–Crippen MR) is 210 cm³/mol. The topological polar surface area (TPSA) is 142 Å². The number of alkyl halides is 1. The zero-order valence-corrected chi connectivity index (χ0v) is 33.2. The molecular formula is C39H37Cl2F3N10O2S. The molecule has 1 aliphatic carbocycles. The van der Waals surface area contributed by atoms with Crippen molar-refractivity contribution < 1.29 is 22.7 Å². The number of aromatic nitrogens is 5. The van der Waals surface area contributed by atoms with E-state index in [2.05, 4.69) is 31.8 Å². The summed E-state index contributed by atoms with van der Waals surface area (Å²) >= 11 is 13.9. The first-order chi connectivity index (χ1) is 27.3. The summed E-state index contributed by atoms with van der Waals surface area (Å²) in [4.78, 5) is 33.4. The second-order valence-corrected chi connectivity index (χ2v) is 18.5. The van der Waals surface area contributed by atoms with Crippen molar-refractivity contribution in [2.24, 2.45) is 10.8 Å². The van der Waals surface area contributed by atoms with Crippen LogP contribution >= 0.6 is 34.5 Å². The highest BCUT2D eigenvalue weighted by Gasteiger charge is 2.66. The number of nitrogens with zero attached hydrogens (tertiary/aromatic N) is 9. The molecule has 5 aromatic rings. The summed E-state index contributed by atoms with van der Waals surface area (Å²) in [5.41, 5.74) is 5.33. The van der Waals surface area contributed by atoms with E-state index in [1.807, 2.05) is 11.0 Å². The Morgan fingerprint density at radius 1 is 1.14 bits per heavy atom. The van der Waals surface area contributed by atoms with Crippen LogP contribution in [0.3, 0.4) is 0 Å². The average Bonchev–Trinajstić information content (AvgIpc) is 3.51. The lowest BCUT2D eigenvalue weighted by atomic mass is 9.61. The fourth-order valence-corrected chi connectivity index (χ4v) is 11.9. The molecule has 1 amide bonds. The number of anilines is 2. The number of likely N-dealkylation sites (tertiary alicyclic amines) is 1. The molecule has 4 atom stereocenters. The van der Waals surface area contributed by atoms with Crippen molar-refractivity contribution in [2.45, 2.75) is 69.6 Å². The van der Waals surface area contributed by atoms with Gasteiger partial charge in [-0.2, -0.15) is 19.9 Å². The van der Waals surface area contributed by atoms with Crippen molar-refractivity contribution in [1.82, 2.24) is 34.5 Å². The number of nitriles is 1. The van der Waals surface area contributed by atoms with E-state index in [1.165, 1.54) is 23.1 Å². The molecule has 5 fully saturated rings. The third-order valence-electron chi connectivity index (χ3n) is 13.2. The predicted octanol–water partition coefficient (Wildman–Crippen LogP) is 7.84. The number of fused-ring (bicyclic) bond motifs is 3. The van der Waals surface area contributed by atoms with Crippen molar-refractivity contribution in [3.63, 3.8) is 0 Å². The first-order valence-corrected chi connectivity index (χ1v) is 20.7. The lowest BCUT2D eigenvalue weighted by Crippen LogP contribution is -2.73. The molecule has 57 heavy (non-hydrogen) atoms. The van der Waals surface area contributed by atoms with Crippen LogP contribution in [-0.2, 0) is 0 Å². The van der Waals surface area contributed by atoms with Crippen LogP contribution in [-0.4, -0.2) is 97.6 Å². The highest BCUT2D eigenvalue weighted by molar-refractivity contribution is 7.23. The number of ether oxygens (including phenoxy) is 1. The van der Waals surface area contributed by atoms with E-state index in [0.717, 1.165) is 56.4 Å². The number of halogens is 5. The van der Waals surface area contributed by atoms with Gasteiger partial charge in [0.2, 0.25) is 5.28 Å². The number of nitrogen functional groups attached to an aromatic ring is 1. The molecule has 10 rings (SSSR count). The van der Waals surface area contributed by atoms with Crippen LogP contribution < -0.4 is 15.4 Å². The molecule has 4 aliphatic heterocycles. The zero-order chi connectivity index (χ0) is 39.6. The maximum atomic E-state index is 17.4. The average molecular weight is 838 g/mol. The quantitative estimate of drug-likeness (QED) is 0.180. The number of hydrogen-bond acceptors (Lipinski definition) is 11. The van der Waals surface area contributed by atoms with E-state index < -0.39 is 23.3 Å². The summed E-state index contributed by atoms with van der Waals surface area (Å²) in [5.74, 6) is -0.961. The molecule has 0 unspecified atom stereocenters. The Labute approximate surface area is 339 Å². The van der Waals surface area contributed by atoms with Gasteiger partial charge in [0.05, 0.1) is 20.8 Å². The number of thiophene rings is 1. The normalized spacial score (nSPS) is 26.6. The summed E-state index contributed by atoms with van der Waals surface area (Å²) < 4.78 is 54.9. The third-order valence-corrected chi connectivity index (χ3v) is 14.7. The maximum absolute atomic E-state index is 17.4. The fraction of sp³-hybridized carbons (Fsp3) is 0.487. The Bertz CT molecular complexity index is 2560. The van der Waals surface area contributed by atoms with Gasteiger partial charge in [-0.1, -0.05) is 24.6 Å². The molecule has 1 saturated carbocycles. The van der Waals surface area contributed by atoms with Gasteiger partial charge in [0.25, 0.3) is 0 Å². The van der Waals surface area contributed by atoms with Crippen molar-refractivity contribution >= 4 is 72.4 Å². The first kappa shape index (κ1) is 36.9. The lowest BCUT2D eigenvalue weighted by molar-refractivity contribution is -0.0851. The van der Waals surface area contributed by atoms with E-state index in [4.69, 9.17) is 38.7 Å². The van der Waals surface area contributed by atoms with Gasteiger partial charge >= 0.3 is 12.0 Å². The Morgan fingerprint density at radius 3 is 2.70 bits per heavy atom. The van der Waals surface area contributed by atoms with Crippen LogP contribution in [0.2, 0.25) is 10.3 Å². The van der Waals surface area contributed by atoms with E-state index in [9.17, 15) is 14.4 Å². The molecular weight excluding hydrogens is 800 g/mol. The zero-order valence-electron chi connectivity index (χ0n) is 30.9. The summed E-state index contributed by atoms with van der Waals surface area (Å²) in [6.45, 7) is 5.02. The molecule has 12 nitrogen and oxygen atoms in total. The van der Waals surface area contributed by atoms with Crippen molar-refractivity contribution in [1.29, 1.82) is 5.26 Å². The molecule has 4 saturated heterocycles. The number of carbonyl (C=O) groups is 1. The Kier molecular flexibility index (Phi) is 8.44. The fourth-order valence-electron chi connectivity index (χ4n) is 10.5. The van der Waals surface area contributed by atoms with E-state index in [-0.39, 0.29) is 83.1 Å².